The van der Waals surface area contributed by atoms with Crippen LogP contribution in [0.15, 0.2) is 0 Å². The molecule has 0 unspecified atom stereocenters. The number of nitrogens with one attached hydrogen (secondary N) is 4. The molecule has 0 bridgehead atoms. The lowest BCUT2D eigenvalue weighted by atomic mass is 10.0. The molecule has 0 aromatic carbocycles. The van der Waals surface area contributed by atoms with Gasteiger partial charge in [0.25, 0.3) is 0 Å². The molecule has 10 N–H and O–H groups in total. The first-order valence-electron chi connectivity index (χ1n) is 11.0. The van der Waals surface area contributed by atoms with E-state index in [1.165, 1.54) is 4.90 Å². The van der Waals surface area contributed by atoms with E-state index in [1.54, 1.807) is 13.8 Å². The van der Waals surface area contributed by atoms with Gasteiger partial charge in [-0.05, 0) is 31.6 Å². The second-order valence-electron chi connectivity index (χ2n) is 8.51. The summed E-state index contributed by atoms with van der Waals surface area (Å²) in [6.45, 7) is 3.85. The van der Waals surface area contributed by atoms with Crippen molar-refractivity contribution in [1.82, 2.24) is 20.9 Å². The molecule has 0 radical (unpaired) electrons. The van der Waals surface area contributed by atoms with Gasteiger partial charge in [-0.3, -0.25) is 24.6 Å². The van der Waals surface area contributed by atoms with Crippen LogP contribution < -0.4 is 27.4 Å². The van der Waals surface area contributed by atoms with Crippen molar-refractivity contribution in [2.24, 2.45) is 17.4 Å². The van der Waals surface area contributed by atoms with Gasteiger partial charge in [-0.1, -0.05) is 13.8 Å². The number of nitrogens with zero attached hydrogens (tertiary/aromatic N) is 1. The second-order valence-corrected chi connectivity index (χ2v) is 8.51. The molecule has 0 aliphatic carbocycles. The molecule has 3 amide bonds. The second kappa shape index (κ2) is 13.3. The van der Waals surface area contributed by atoms with Crippen LogP contribution in [0.1, 0.15) is 46.0 Å². The van der Waals surface area contributed by atoms with E-state index in [2.05, 4.69) is 16.0 Å². The lowest BCUT2D eigenvalue weighted by Gasteiger charge is -2.29. The normalized spacial score (nSPS) is 18.0. The molecular formula is C20H35N7O7. The Labute approximate surface area is 197 Å². The van der Waals surface area contributed by atoms with Gasteiger partial charge in [0.15, 0.2) is 5.96 Å². The number of carbonyl (C=O) groups is 5. The Balaban J connectivity index is 2.81. The molecule has 1 heterocycles. The van der Waals surface area contributed by atoms with Gasteiger partial charge in [-0.15, -0.1) is 0 Å². The number of hydrogen-bond acceptors (Lipinski definition) is 7. The topological polar surface area (TPSA) is 241 Å². The zero-order chi connectivity index (χ0) is 26.0. The molecule has 192 valence electrons. The number of guanidine groups is 1. The van der Waals surface area contributed by atoms with E-state index >= 15 is 0 Å². The fourth-order valence-corrected chi connectivity index (χ4v) is 3.62. The van der Waals surface area contributed by atoms with Gasteiger partial charge < -0.3 is 42.5 Å². The number of nitrogens with two attached hydrogens (primary N) is 2. The molecule has 1 fully saturated rings. The lowest BCUT2D eigenvalue weighted by Crippen LogP contribution is -2.58. The Bertz CT molecular complexity index is 789. The van der Waals surface area contributed by atoms with E-state index in [-0.39, 0.29) is 25.5 Å². The number of likely N-dealkylation sites (tertiary alicyclic amines) is 1. The third-order valence-corrected chi connectivity index (χ3v) is 5.40. The van der Waals surface area contributed by atoms with E-state index in [0.29, 0.717) is 19.3 Å². The van der Waals surface area contributed by atoms with Gasteiger partial charge in [0, 0.05) is 13.1 Å². The van der Waals surface area contributed by atoms with E-state index in [4.69, 9.17) is 22.0 Å². The van der Waals surface area contributed by atoms with E-state index in [1.807, 2.05) is 0 Å². The maximum atomic E-state index is 12.9. The van der Waals surface area contributed by atoms with E-state index in [9.17, 15) is 29.1 Å². The standard InChI is InChI=1S/C20H35N7O7/c1-10(2)15(17(31)25-12(19(33)34)5-3-7-24-20(22)23)26-16(30)13-6-4-8-27(13)18(32)11(21)9-14(28)29/h10-13,15H,3-9,21H2,1-2H3,(H,25,31)(H,26,30)(H,28,29)(H,33,34)(H4,22,23,24)/t11-,12-,13-,15-/m0/s1. The minimum atomic E-state index is -1.29. The van der Waals surface area contributed by atoms with Crippen molar-refractivity contribution in [2.45, 2.75) is 70.1 Å². The highest BCUT2D eigenvalue weighted by Crippen LogP contribution is 2.19. The van der Waals surface area contributed by atoms with Gasteiger partial charge in [0.1, 0.15) is 18.1 Å². The van der Waals surface area contributed by atoms with Crippen molar-refractivity contribution in [3.05, 3.63) is 0 Å². The summed E-state index contributed by atoms with van der Waals surface area (Å²) < 4.78 is 0. The molecule has 1 saturated heterocycles. The molecule has 0 saturated carbocycles. The maximum absolute atomic E-state index is 12.9. The summed E-state index contributed by atoms with van der Waals surface area (Å²) in [7, 11) is 0. The Morgan fingerprint density at radius 3 is 2.32 bits per heavy atom. The number of carboxylic acids is 2. The van der Waals surface area contributed by atoms with Crippen LogP contribution in [0, 0.1) is 11.3 Å². The maximum Gasteiger partial charge on any atom is 0.326 e. The molecular weight excluding hydrogens is 450 g/mol. The molecule has 1 aliphatic heterocycles. The molecule has 0 aromatic heterocycles. The fraction of sp³-hybridized carbons (Fsp3) is 0.700. The van der Waals surface area contributed by atoms with Crippen molar-refractivity contribution in [3.8, 4) is 0 Å². The molecule has 0 aromatic rings. The molecule has 14 heteroatoms. The molecule has 1 aliphatic rings. The van der Waals surface area contributed by atoms with Crippen molar-refractivity contribution in [2.75, 3.05) is 13.1 Å². The third-order valence-electron chi connectivity index (χ3n) is 5.40. The Morgan fingerprint density at radius 1 is 1.15 bits per heavy atom. The SMILES string of the molecule is CC(C)[C@H](NC(=O)[C@@H]1CCCN1C(=O)[C@@H](N)CC(=O)O)C(=O)N[C@@H](CCCNC(=N)N)C(=O)O. The average Bonchev–Trinajstić information content (AvgIpc) is 3.22. The number of carboxylic acid groups (broad SMARTS) is 2. The molecule has 14 nitrogen and oxygen atoms in total. The van der Waals surface area contributed by atoms with Crippen LogP contribution >= 0.6 is 0 Å². The quantitative estimate of drug-likeness (QED) is 0.0791. The van der Waals surface area contributed by atoms with Gasteiger partial charge in [-0.2, -0.15) is 0 Å². The third kappa shape index (κ3) is 8.84. The monoisotopic (exact) mass is 485 g/mol. The van der Waals surface area contributed by atoms with Crippen molar-refractivity contribution in [3.63, 3.8) is 0 Å². The average molecular weight is 486 g/mol. The highest BCUT2D eigenvalue weighted by atomic mass is 16.4. The summed E-state index contributed by atoms with van der Waals surface area (Å²) in [6, 6.07) is -4.47. The van der Waals surface area contributed by atoms with Crippen LogP contribution in [0.25, 0.3) is 0 Å². The van der Waals surface area contributed by atoms with Crippen LogP contribution in [-0.4, -0.2) is 88.0 Å². The molecule has 4 atom stereocenters. The minimum absolute atomic E-state index is 0.0759. The Hall–Kier alpha value is -3.42. The van der Waals surface area contributed by atoms with Crippen molar-refractivity contribution >= 4 is 35.6 Å². The zero-order valence-corrected chi connectivity index (χ0v) is 19.4. The van der Waals surface area contributed by atoms with Crippen LogP contribution in [0.5, 0.6) is 0 Å². The van der Waals surface area contributed by atoms with Crippen LogP contribution in [0.3, 0.4) is 0 Å². The van der Waals surface area contributed by atoms with Crippen molar-refractivity contribution in [1.29, 1.82) is 5.41 Å². The van der Waals surface area contributed by atoms with Gasteiger partial charge in [-0.25, -0.2) is 4.79 Å². The molecule has 1 rings (SSSR count). The lowest BCUT2D eigenvalue weighted by molar-refractivity contribution is -0.144. The summed E-state index contributed by atoms with van der Waals surface area (Å²) in [5.74, 6) is -5.06. The number of aliphatic carboxylic acids is 2. The van der Waals surface area contributed by atoms with Gasteiger partial charge in [0.2, 0.25) is 17.7 Å². The highest BCUT2D eigenvalue weighted by molar-refractivity contribution is 5.95. The summed E-state index contributed by atoms with van der Waals surface area (Å²) in [5.41, 5.74) is 10.8. The van der Waals surface area contributed by atoms with Gasteiger partial charge >= 0.3 is 11.9 Å². The largest absolute Gasteiger partial charge is 0.481 e. The fourth-order valence-electron chi connectivity index (χ4n) is 3.62. The Morgan fingerprint density at radius 2 is 1.79 bits per heavy atom. The van der Waals surface area contributed by atoms with Crippen LogP contribution in [0.2, 0.25) is 0 Å². The molecule has 34 heavy (non-hydrogen) atoms. The smallest absolute Gasteiger partial charge is 0.326 e. The number of rotatable bonds is 13. The van der Waals surface area contributed by atoms with Crippen LogP contribution in [-0.2, 0) is 24.0 Å². The summed E-state index contributed by atoms with van der Waals surface area (Å²) in [4.78, 5) is 61.9. The minimum Gasteiger partial charge on any atom is -0.481 e. The predicted octanol–water partition coefficient (Wildman–Crippen LogP) is -2.25. The van der Waals surface area contributed by atoms with E-state index < -0.39 is 66.2 Å². The number of amides is 3. The summed E-state index contributed by atoms with van der Waals surface area (Å²) >= 11 is 0. The highest BCUT2D eigenvalue weighted by Gasteiger charge is 2.38. The first kappa shape index (κ1) is 28.6. The first-order valence-corrected chi connectivity index (χ1v) is 11.0. The predicted molar refractivity (Wildman–Crippen MR) is 120 cm³/mol. The van der Waals surface area contributed by atoms with Crippen LogP contribution in [0.4, 0.5) is 0 Å². The first-order chi connectivity index (χ1) is 15.8. The zero-order valence-electron chi connectivity index (χ0n) is 19.4. The Kier molecular flexibility index (Phi) is 11.2. The van der Waals surface area contributed by atoms with Crippen molar-refractivity contribution < 1.29 is 34.2 Å². The number of hydrogen-bond donors (Lipinski definition) is 8. The molecule has 0 spiro atoms. The summed E-state index contributed by atoms with van der Waals surface area (Å²) in [6.07, 6.45) is 0.666. The number of carbonyl (C=O) groups excluding carboxylic acids is 3. The summed E-state index contributed by atoms with van der Waals surface area (Å²) in [5, 5.41) is 33.0. The van der Waals surface area contributed by atoms with Gasteiger partial charge in [0.05, 0.1) is 12.5 Å². The van der Waals surface area contributed by atoms with E-state index in [0.717, 1.165) is 0 Å².